The van der Waals surface area contributed by atoms with Crippen molar-refractivity contribution in [3.05, 3.63) is 72.6 Å². The number of amides is 1. The molecule has 0 saturated heterocycles. The van der Waals surface area contributed by atoms with Gasteiger partial charge in [-0.15, -0.1) is 0 Å². The highest BCUT2D eigenvalue weighted by atomic mass is 16.5. The van der Waals surface area contributed by atoms with Crippen LogP contribution in [-0.2, 0) is 4.79 Å². The van der Waals surface area contributed by atoms with Gasteiger partial charge in [0.05, 0.1) is 7.11 Å². The summed E-state index contributed by atoms with van der Waals surface area (Å²) in [5.74, 6) is 0.732. The second-order valence-corrected chi connectivity index (χ2v) is 7.13. The summed E-state index contributed by atoms with van der Waals surface area (Å²) >= 11 is 0. The summed E-state index contributed by atoms with van der Waals surface area (Å²) in [4.78, 5) is 19.5. The molecule has 4 rings (SSSR count). The van der Waals surface area contributed by atoms with E-state index < -0.39 is 0 Å². The van der Waals surface area contributed by atoms with Gasteiger partial charge in [-0.05, 0) is 29.3 Å². The maximum absolute atomic E-state index is 11.7. The summed E-state index contributed by atoms with van der Waals surface area (Å²) in [6.45, 7) is 0. The smallest absolute Gasteiger partial charge is 0.221 e. The van der Waals surface area contributed by atoms with Crippen LogP contribution in [0, 0.1) is 0 Å². The molecular weight excluding hydrogens is 376 g/mol. The molecule has 4 N–H and O–H groups in total. The minimum absolute atomic E-state index is 0.0789. The standard InChI is InChI=1S/C24H24N4O2/c1-26-23(29)12-21(25)16-7-5-6-15(10-16)17-11-19-20(14-28-24(19)27-13-17)18-8-3-4-9-22(18)30-2/h3-11,13-14,21H,12,25H2,1-2H3,(H,26,29)(H,27,28). The van der Waals surface area contributed by atoms with Crippen molar-refractivity contribution in [3.63, 3.8) is 0 Å². The molecule has 2 heterocycles. The van der Waals surface area contributed by atoms with Crippen molar-refractivity contribution in [2.45, 2.75) is 12.5 Å². The number of aromatic amines is 1. The lowest BCUT2D eigenvalue weighted by molar-refractivity contribution is -0.120. The van der Waals surface area contributed by atoms with Crippen molar-refractivity contribution < 1.29 is 9.53 Å². The average Bonchev–Trinajstić information content (AvgIpc) is 3.22. The quantitative estimate of drug-likeness (QED) is 0.455. The van der Waals surface area contributed by atoms with Crippen LogP contribution >= 0.6 is 0 Å². The number of H-pyrrole nitrogens is 1. The summed E-state index contributed by atoms with van der Waals surface area (Å²) in [6.07, 6.45) is 4.04. The number of nitrogens with zero attached hydrogens (tertiary/aromatic N) is 1. The van der Waals surface area contributed by atoms with Gasteiger partial charge in [-0.25, -0.2) is 4.98 Å². The molecule has 1 atom stereocenters. The topological polar surface area (TPSA) is 93.0 Å². The van der Waals surface area contributed by atoms with E-state index in [1.807, 2.05) is 60.9 Å². The summed E-state index contributed by atoms with van der Waals surface area (Å²) < 4.78 is 5.54. The molecule has 30 heavy (non-hydrogen) atoms. The Bertz CT molecular complexity index is 1200. The van der Waals surface area contributed by atoms with Gasteiger partial charge in [-0.2, -0.15) is 0 Å². The van der Waals surface area contributed by atoms with Crippen LogP contribution in [0.4, 0.5) is 0 Å². The van der Waals surface area contributed by atoms with Crippen molar-refractivity contribution in [2.24, 2.45) is 5.73 Å². The lowest BCUT2D eigenvalue weighted by Gasteiger charge is -2.13. The number of nitrogens with one attached hydrogen (secondary N) is 2. The molecule has 0 radical (unpaired) electrons. The Kier molecular flexibility index (Phi) is 5.50. The van der Waals surface area contributed by atoms with Crippen LogP contribution in [0.3, 0.4) is 0 Å². The molecule has 0 saturated carbocycles. The van der Waals surface area contributed by atoms with E-state index in [0.717, 1.165) is 44.6 Å². The fourth-order valence-electron chi connectivity index (χ4n) is 3.62. The molecule has 0 bridgehead atoms. The maximum Gasteiger partial charge on any atom is 0.221 e. The minimum atomic E-state index is -0.363. The number of ether oxygens (including phenoxy) is 1. The number of rotatable bonds is 6. The number of carbonyl (C=O) groups is 1. The molecule has 0 fully saturated rings. The Morgan fingerprint density at radius 1 is 1.13 bits per heavy atom. The Labute approximate surface area is 175 Å². The van der Waals surface area contributed by atoms with E-state index in [-0.39, 0.29) is 18.4 Å². The highest BCUT2D eigenvalue weighted by Gasteiger charge is 2.14. The number of methoxy groups -OCH3 is 1. The van der Waals surface area contributed by atoms with E-state index in [0.29, 0.717) is 0 Å². The molecule has 152 valence electrons. The number of benzene rings is 2. The first-order chi connectivity index (χ1) is 14.6. The van der Waals surface area contributed by atoms with Crippen LogP contribution in [0.5, 0.6) is 5.75 Å². The van der Waals surface area contributed by atoms with Gasteiger partial charge in [-0.3, -0.25) is 4.79 Å². The summed E-state index contributed by atoms with van der Waals surface area (Å²) in [5.41, 5.74) is 12.0. The van der Waals surface area contributed by atoms with Gasteiger partial charge in [0.1, 0.15) is 11.4 Å². The number of carbonyl (C=O) groups excluding carboxylic acids is 1. The number of para-hydroxylation sites is 1. The molecule has 0 aliphatic carbocycles. The third-order valence-electron chi connectivity index (χ3n) is 5.26. The third kappa shape index (κ3) is 3.77. The molecule has 2 aromatic carbocycles. The molecule has 4 aromatic rings. The van der Waals surface area contributed by atoms with E-state index in [4.69, 9.17) is 10.5 Å². The van der Waals surface area contributed by atoms with Crippen molar-refractivity contribution in [3.8, 4) is 28.0 Å². The molecule has 0 aliphatic heterocycles. The molecule has 1 amide bonds. The number of pyridine rings is 1. The predicted octanol–water partition coefficient (Wildman–Crippen LogP) is 4.04. The Morgan fingerprint density at radius 3 is 2.77 bits per heavy atom. The number of hydrogen-bond acceptors (Lipinski definition) is 4. The molecular formula is C24H24N4O2. The van der Waals surface area contributed by atoms with E-state index in [1.165, 1.54) is 0 Å². The van der Waals surface area contributed by atoms with E-state index in [9.17, 15) is 4.79 Å². The van der Waals surface area contributed by atoms with Crippen molar-refractivity contribution >= 4 is 16.9 Å². The van der Waals surface area contributed by atoms with E-state index >= 15 is 0 Å². The highest BCUT2D eigenvalue weighted by Crippen LogP contribution is 2.36. The van der Waals surface area contributed by atoms with Crippen molar-refractivity contribution in [2.75, 3.05) is 14.2 Å². The number of fused-ring (bicyclic) bond motifs is 1. The summed E-state index contributed by atoms with van der Waals surface area (Å²) in [6, 6.07) is 17.6. The first kappa shape index (κ1) is 19.7. The lowest BCUT2D eigenvalue weighted by atomic mass is 9.97. The highest BCUT2D eigenvalue weighted by molar-refractivity contribution is 5.97. The predicted molar refractivity (Wildman–Crippen MR) is 119 cm³/mol. The summed E-state index contributed by atoms with van der Waals surface area (Å²) in [7, 11) is 3.29. The van der Waals surface area contributed by atoms with Crippen molar-refractivity contribution in [1.82, 2.24) is 15.3 Å². The SMILES string of the molecule is CNC(=O)CC(N)c1cccc(-c2cnc3[nH]cc(-c4ccccc4OC)c3c2)c1. The molecule has 2 aromatic heterocycles. The molecule has 0 spiro atoms. The molecule has 0 aliphatic rings. The largest absolute Gasteiger partial charge is 0.496 e. The lowest BCUT2D eigenvalue weighted by Crippen LogP contribution is -2.24. The van der Waals surface area contributed by atoms with Gasteiger partial charge in [0.2, 0.25) is 5.91 Å². The fraction of sp³-hybridized carbons (Fsp3) is 0.167. The minimum Gasteiger partial charge on any atom is -0.496 e. The maximum atomic E-state index is 11.7. The zero-order valence-corrected chi connectivity index (χ0v) is 17.0. The van der Waals surface area contributed by atoms with Crippen LogP contribution in [0.25, 0.3) is 33.3 Å². The fourth-order valence-corrected chi connectivity index (χ4v) is 3.62. The molecule has 1 unspecified atom stereocenters. The zero-order chi connectivity index (χ0) is 21.1. The third-order valence-corrected chi connectivity index (χ3v) is 5.26. The Balaban J connectivity index is 1.74. The van der Waals surface area contributed by atoms with Gasteiger partial charge < -0.3 is 20.8 Å². The van der Waals surface area contributed by atoms with E-state index in [1.54, 1.807) is 14.2 Å². The Hall–Kier alpha value is -3.64. The first-order valence-corrected chi connectivity index (χ1v) is 9.77. The number of aromatic nitrogens is 2. The van der Waals surface area contributed by atoms with Crippen LogP contribution in [-0.4, -0.2) is 30.0 Å². The van der Waals surface area contributed by atoms with Crippen LogP contribution in [0.1, 0.15) is 18.0 Å². The summed E-state index contributed by atoms with van der Waals surface area (Å²) in [5, 5.41) is 3.63. The second kappa shape index (κ2) is 8.39. The average molecular weight is 400 g/mol. The molecule has 6 heteroatoms. The molecule has 6 nitrogen and oxygen atoms in total. The van der Waals surface area contributed by atoms with Crippen LogP contribution in [0.2, 0.25) is 0 Å². The van der Waals surface area contributed by atoms with Crippen LogP contribution < -0.4 is 15.8 Å². The first-order valence-electron chi connectivity index (χ1n) is 9.77. The van der Waals surface area contributed by atoms with Crippen LogP contribution in [0.15, 0.2) is 67.0 Å². The number of hydrogen-bond donors (Lipinski definition) is 3. The van der Waals surface area contributed by atoms with Gasteiger partial charge in [-0.1, -0.05) is 36.4 Å². The second-order valence-electron chi connectivity index (χ2n) is 7.13. The van der Waals surface area contributed by atoms with Gasteiger partial charge in [0, 0.05) is 54.0 Å². The van der Waals surface area contributed by atoms with Gasteiger partial charge in [0.15, 0.2) is 0 Å². The van der Waals surface area contributed by atoms with Gasteiger partial charge in [0.25, 0.3) is 0 Å². The van der Waals surface area contributed by atoms with Crippen molar-refractivity contribution in [1.29, 1.82) is 0 Å². The van der Waals surface area contributed by atoms with Gasteiger partial charge >= 0.3 is 0 Å². The monoisotopic (exact) mass is 400 g/mol. The van der Waals surface area contributed by atoms with E-state index in [2.05, 4.69) is 21.4 Å². The zero-order valence-electron chi connectivity index (χ0n) is 17.0. The Morgan fingerprint density at radius 2 is 1.97 bits per heavy atom. The number of nitrogens with two attached hydrogens (primary N) is 1. The normalized spacial score (nSPS) is 12.0.